The first-order valence-corrected chi connectivity index (χ1v) is 10.9. The highest BCUT2D eigenvalue weighted by Gasteiger charge is 2.54. The van der Waals surface area contributed by atoms with Gasteiger partial charge in [0.2, 0.25) is 12.4 Å². The van der Waals surface area contributed by atoms with Gasteiger partial charge in [-0.05, 0) is 5.92 Å². The van der Waals surface area contributed by atoms with E-state index in [0.29, 0.717) is 0 Å². The molecule has 0 bridgehead atoms. The van der Waals surface area contributed by atoms with Crippen molar-refractivity contribution in [2.75, 3.05) is 33.8 Å². The lowest BCUT2D eigenvalue weighted by atomic mass is 9.98. The standard InChI is InChI=1S/C21H30NO11.C2H4O2/c1-8-9-22(6,7)10-17(27)33-21-20(31-15(5)26)19(30-14(4)25)18(29-13(3)24)16(32-21)11-28-12(2)23;1-2(3)4/h1,16,18-21H,9-11H2,2-7H3;1H3,(H,3,4)/q+1;/t16-,18-,19+,20-,21+;/m1./s1. The van der Waals surface area contributed by atoms with Crippen molar-refractivity contribution < 1.29 is 66.8 Å². The first kappa shape index (κ1) is 33.3. The van der Waals surface area contributed by atoms with Gasteiger partial charge in [0.1, 0.15) is 19.3 Å². The Labute approximate surface area is 214 Å². The summed E-state index contributed by atoms with van der Waals surface area (Å²) >= 11 is 0. The molecule has 0 spiro atoms. The van der Waals surface area contributed by atoms with Crippen molar-refractivity contribution >= 4 is 35.8 Å². The van der Waals surface area contributed by atoms with Crippen molar-refractivity contribution in [1.82, 2.24) is 0 Å². The maximum Gasteiger partial charge on any atom is 0.364 e. The number of nitrogens with zero attached hydrogens (tertiary/aromatic N) is 1. The van der Waals surface area contributed by atoms with E-state index in [1.54, 1.807) is 14.1 Å². The third kappa shape index (κ3) is 13.8. The van der Waals surface area contributed by atoms with Crippen LogP contribution in [0.1, 0.15) is 34.6 Å². The van der Waals surface area contributed by atoms with Crippen molar-refractivity contribution in [3.8, 4) is 12.3 Å². The molecule has 1 aliphatic rings. The Morgan fingerprint density at radius 2 is 1.27 bits per heavy atom. The van der Waals surface area contributed by atoms with E-state index in [1.165, 1.54) is 0 Å². The number of carbonyl (C=O) groups is 6. The number of ether oxygens (including phenoxy) is 6. The van der Waals surface area contributed by atoms with E-state index < -0.39 is 73.1 Å². The monoisotopic (exact) mass is 532 g/mol. The van der Waals surface area contributed by atoms with E-state index in [4.69, 9.17) is 44.7 Å². The zero-order chi connectivity index (χ0) is 28.9. The van der Waals surface area contributed by atoms with Crippen molar-refractivity contribution in [1.29, 1.82) is 0 Å². The number of aliphatic carboxylic acids is 1. The Morgan fingerprint density at radius 1 is 0.811 bits per heavy atom. The van der Waals surface area contributed by atoms with Gasteiger partial charge >= 0.3 is 29.8 Å². The quantitative estimate of drug-likeness (QED) is 0.173. The summed E-state index contributed by atoms with van der Waals surface area (Å²) in [6.07, 6.45) is -1.69. The highest BCUT2D eigenvalue weighted by atomic mass is 16.7. The van der Waals surface area contributed by atoms with Crippen LogP contribution in [0.3, 0.4) is 0 Å². The lowest BCUT2D eigenvalue weighted by Crippen LogP contribution is -2.63. The number of quaternary nitrogens is 1. The van der Waals surface area contributed by atoms with Crippen LogP contribution in [0.25, 0.3) is 0 Å². The number of carbonyl (C=O) groups excluding carboxylic acids is 5. The predicted octanol–water partition coefficient (Wildman–Crippen LogP) is -0.587. The van der Waals surface area contributed by atoms with Gasteiger partial charge in [0.15, 0.2) is 18.8 Å². The lowest BCUT2D eigenvalue weighted by Gasteiger charge is -2.43. The summed E-state index contributed by atoms with van der Waals surface area (Å²) in [6, 6.07) is 0. The smallest absolute Gasteiger partial charge is 0.364 e. The van der Waals surface area contributed by atoms with E-state index in [1.807, 2.05) is 0 Å². The average Bonchev–Trinajstić information content (AvgIpc) is 2.69. The fraction of sp³-hybridized carbons (Fsp3) is 0.652. The van der Waals surface area contributed by atoms with E-state index >= 15 is 0 Å². The van der Waals surface area contributed by atoms with Crippen LogP contribution in [0.5, 0.6) is 0 Å². The molecule has 0 aromatic carbocycles. The van der Waals surface area contributed by atoms with E-state index in [0.717, 1.165) is 34.6 Å². The van der Waals surface area contributed by atoms with Crippen molar-refractivity contribution in [2.45, 2.75) is 65.3 Å². The molecule has 14 nitrogen and oxygen atoms in total. The second-order valence-electron chi connectivity index (χ2n) is 8.53. The molecule has 0 amide bonds. The molecule has 1 rings (SSSR count). The Balaban J connectivity index is 0.00000300. The zero-order valence-corrected chi connectivity index (χ0v) is 21.9. The highest BCUT2D eigenvalue weighted by Crippen LogP contribution is 2.30. The van der Waals surface area contributed by atoms with Gasteiger partial charge in [-0.3, -0.25) is 24.0 Å². The molecule has 5 atom stereocenters. The third-order valence-corrected chi connectivity index (χ3v) is 4.27. The van der Waals surface area contributed by atoms with Gasteiger partial charge in [-0.15, -0.1) is 6.42 Å². The maximum absolute atomic E-state index is 12.6. The number of carboxylic acid groups (broad SMARTS) is 1. The van der Waals surface area contributed by atoms with Crippen molar-refractivity contribution in [2.24, 2.45) is 0 Å². The minimum absolute atomic E-state index is 0.0978. The molecule has 1 N–H and O–H groups in total. The fourth-order valence-corrected chi connectivity index (χ4v) is 3.10. The molecule has 14 heteroatoms. The molecule has 0 saturated carbocycles. The van der Waals surface area contributed by atoms with Crippen LogP contribution in [-0.2, 0) is 57.2 Å². The molecule has 1 heterocycles. The second kappa shape index (κ2) is 15.4. The maximum atomic E-state index is 12.6. The Bertz CT molecular complexity index is 888. The summed E-state index contributed by atoms with van der Waals surface area (Å²) in [5.74, 6) is -2.16. The topological polar surface area (TPSA) is 178 Å². The number of rotatable bonds is 9. The Hall–Kier alpha value is -3.70. The van der Waals surface area contributed by atoms with Crippen LogP contribution in [0.2, 0.25) is 0 Å². The molecule has 208 valence electrons. The molecule has 37 heavy (non-hydrogen) atoms. The summed E-state index contributed by atoms with van der Waals surface area (Å²) in [7, 11) is 3.41. The zero-order valence-electron chi connectivity index (χ0n) is 21.9. The number of esters is 5. The molecule has 1 fully saturated rings. The van der Waals surface area contributed by atoms with Crippen LogP contribution in [0, 0.1) is 12.3 Å². The second-order valence-corrected chi connectivity index (χ2v) is 8.53. The number of hydrogen-bond donors (Lipinski definition) is 1. The Morgan fingerprint density at radius 3 is 1.70 bits per heavy atom. The Kier molecular flexibility index (Phi) is 13.9. The SMILES string of the molecule is C#CC[N+](C)(C)CC(=O)O[C@@H]1O[C@H](COC(C)=O)[C@@H](OC(C)=O)[C@H](OC(C)=O)[C@H]1OC(C)=O.CC(=O)O. The normalized spacial score (nSPS) is 22.6. The first-order valence-electron chi connectivity index (χ1n) is 10.9. The van der Waals surface area contributed by atoms with Gasteiger partial charge < -0.3 is 38.0 Å². The first-order chi connectivity index (χ1) is 17.0. The lowest BCUT2D eigenvalue weighted by molar-refractivity contribution is -0.875. The van der Waals surface area contributed by atoms with Gasteiger partial charge in [0.25, 0.3) is 5.97 Å². The van der Waals surface area contributed by atoms with Crippen LogP contribution < -0.4 is 0 Å². The average molecular weight is 533 g/mol. The number of carboxylic acids is 1. The van der Waals surface area contributed by atoms with E-state index in [-0.39, 0.29) is 17.6 Å². The third-order valence-electron chi connectivity index (χ3n) is 4.27. The molecule has 1 saturated heterocycles. The minimum Gasteiger partial charge on any atom is -0.481 e. The fourth-order valence-electron chi connectivity index (χ4n) is 3.10. The molecule has 0 aromatic rings. The van der Waals surface area contributed by atoms with Gasteiger partial charge in [-0.25, -0.2) is 4.79 Å². The summed E-state index contributed by atoms with van der Waals surface area (Å²) in [5, 5.41) is 7.42. The molecule has 0 unspecified atom stereocenters. The summed E-state index contributed by atoms with van der Waals surface area (Å²) in [6.45, 7) is 5.16. The van der Waals surface area contributed by atoms with Gasteiger partial charge in [-0.1, -0.05) is 0 Å². The van der Waals surface area contributed by atoms with Crippen LogP contribution in [0.15, 0.2) is 0 Å². The molecular formula is C23H34NO13+. The molecule has 1 aliphatic heterocycles. The number of likely N-dealkylation sites (N-methyl/N-ethyl adjacent to an activating group) is 1. The highest BCUT2D eigenvalue weighted by molar-refractivity contribution is 5.71. The van der Waals surface area contributed by atoms with Crippen LogP contribution in [-0.4, -0.2) is 110 Å². The van der Waals surface area contributed by atoms with Gasteiger partial charge in [0.05, 0.1) is 14.1 Å². The van der Waals surface area contributed by atoms with Crippen LogP contribution >= 0.6 is 0 Å². The number of hydrogen-bond acceptors (Lipinski definition) is 12. The van der Waals surface area contributed by atoms with Crippen LogP contribution in [0.4, 0.5) is 0 Å². The van der Waals surface area contributed by atoms with Crippen molar-refractivity contribution in [3.05, 3.63) is 0 Å². The van der Waals surface area contributed by atoms with Crippen molar-refractivity contribution in [3.63, 3.8) is 0 Å². The molecule has 0 aliphatic carbocycles. The summed E-state index contributed by atoms with van der Waals surface area (Å²) in [5.41, 5.74) is 0. The van der Waals surface area contributed by atoms with E-state index in [9.17, 15) is 24.0 Å². The largest absolute Gasteiger partial charge is 0.481 e. The molecular weight excluding hydrogens is 498 g/mol. The van der Waals surface area contributed by atoms with Gasteiger partial charge in [0, 0.05) is 34.6 Å². The predicted molar refractivity (Wildman–Crippen MR) is 122 cm³/mol. The molecule has 0 radical (unpaired) electrons. The minimum atomic E-state index is -1.57. The van der Waals surface area contributed by atoms with E-state index in [2.05, 4.69) is 5.92 Å². The summed E-state index contributed by atoms with van der Waals surface area (Å²) < 4.78 is 31.9. The number of terminal acetylenes is 1. The summed E-state index contributed by atoms with van der Waals surface area (Å²) in [4.78, 5) is 68.1. The van der Waals surface area contributed by atoms with Gasteiger partial charge in [-0.2, -0.15) is 0 Å². The molecule has 0 aromatic heterocycles.